The van der Waals surface area contributed by atoms with E-state index in [1.54, 1.807) is 5.57 Å². The molecule has 1 aliphatic carbocycles. The highest BCUT2D eigenvalue weighted by Crippen LogP contribution is 2.48. The van der Waals surface area contributed by atoms with E-state index in [4.69, 9.17) is 0 Å². The van der Waals surface area contributed by atoms with Gasteiger partial charge in [-0.25, -0.2) is 0 Å². The van der Waals surface area contributed by atoms with Crippen molar-refractivity contribution in [3.8, 4) is 0 Å². The Morgan fingerprint density at radius 2 is 2.07 bits per heavy atom. The van der Waals surface area contributed by atoms with E-state index in [1.807, 2.05) is 12.2 Å². The molecule has 0 bridgehead atoms. The molecule has 1 N–H and O–H groups in total. The highest BCUT2D eigenvalue weighted by Gasteiger charge is 2.34. The molecule has 0 spiro atoms. The van der Waals surface area contributed by atoms with Crippen LogP contribution in [0.1, 0.15) is 45.6 Å². The fraction of sp³-hybridized carbons (Fsp3) is 0.385. The molecular formula is C26H34N2. The summed E-state index contributed by atoms with van der Waals surface area (Å²) in [5.41, 5.74) is 7.28. The molecule has 1 heterocycles. The molecule has 1 aromatic rings. The summed E-state index contributed by atoms with van der Waals surface area (Å²) in [5.74, 6) is 1.26. The van der Waals surface area contributed by atoms with Gasteiger partial charge in [-0.05, 0) is 49.3 Å². The molecule has 3 rings (SSSR count). The molecule has 0 radical (unpaired) electrons. The van der Waals surface area contributed by atoms with E-state index in [0.29, 0.717) is 11.8 Å². The first-order valence-electron chi connectivity index (χ1n) is 10.6. The third-order valence-electron chi connectivity index (χ3n) is 5.37. The standard InChI is InChI=1S/C26H34N2/c1-5-7-8-9-10-13-22(24-17-21(24)18-27-16-6-2)23-14-11-12-15-25(23)28-19-26(28)20(3)4/h5,7-12,14-15,19-21,27H,1,6,13,16-18H2,2-4H3/b8-7-,10-9-,24-22+. The zero-order valence-electron chi connectivity index (χ0n) is 17.6. The van der Waals surface area contributed by atoms with Crippen molar-refractivity contribution in [2.75, 3.05) is 18.0 Å². The van der Waals surface area contributed by atoms with Crippen LogP contribution in [0.5, 0.6) is 0 Å². The first-order chi connectivity index (χ1) is 13.7. The zero-order valence-corrected chi connectivity index (χ0v) is 17.6. The number of allylic oxidation sites excluding steroid dienone is 7. The lowest BCUT2D eigenvalue weighted by atomic mass is 9.98. The van der Waals surface area contributed by atoms with Crippen LogP contribution in [0.3, 0.4) is 0 Å². The van der Waals surface area contributed by atoms with E-state index in [9.17, 15) is 0 Å². The monoisotopic (exact) mass is 374 g/mol. The number of nitrogens with one attached hydrogen (secondary N) is 1. The van der Waals surface area contributed by atoms with Crippen molar-refractivity contribution in [1.82, 2.24) is 5.32 Å². The molecule has 148 valence electrons. The second kappa shape index (κ2) is 9.75. The van der Waals surface area contributed by atoms with E-state index in [-0.39, 0.29) is 0 Å². The molecule has 1 aliphatic heterocycles. The molecule has 0 aromatic heterocycles. The van der Waals surface area contributed by atoms with Gasteiger partial charge < -0.3 is 10.2 Å². The third kappa shape index (κ3) is 5.14. The van der Waals surface area contributed by atoms with Crippen molar-refractivity contribution in [3.63, 3.8) is 0 Å². The minimum Gasteiger partial charge on any atom is -0.317 e. The Hall–Kier alpha value is -2.32. The molecule has 28 heavy (non-hydrogen) atoms. The van der Waals surface area contributed by atoms with Gasteiger partial charge in [-0.3, -0.25) is 0 Å². The predicted molar refractivity (Wildman–Crippen MR) is 123 cm³/mol. The van der Waals surface area contributed by atoms with Crippen LogP contribution in [0, 0.1) is 11.8 Å². The molecule has 1 fully saturated rings. The van der Waals surface area contributed by atoms with Crippen molar-refractivity contribution in [1.29, 1.82) is 0 Å². The van der Waals surface area contributed by atoms with Gasteiger partial charge in [0.05, 0.1) is 5.69 Å². The number of anilines is 1. The summed E-state index contributed by atoms with van der Waals surface area (Å²) in [6.07, 6.45) is 15.9. The molecule has 1 atom stereocenters. The van der Waals surface area contributed by atoms with Crippen LogP contribution in [-0.4, -0.2) is 13.1 Å². The lowest BCUT2D eigenvalue weighted by Gasteiger charge is -2.16. The van der Waals surface area contributed by atoms with Crippen LogP contribution in [0.15, 0.2) is 78.7 Å². The molecular weight excluding hydrogens is 340 g/mol. The molecule has 2 nitrogen and oxygen atoms in total. The second-order valence-electron chi connectivity index (χ2n) is 7.96. The summed E-state index contributed by atoms with van der Waals surface area (Å²) in [6.45, 7) is 12.7. The van der Waals surface area contributed by atoms with Crippen molar-refractivity contribution < 1.29 is 0 Å². The Kier molecular flexibility index (Phi) is 7.11. The zero-order chi connectivity index (χ0) is 19.9. The Labute approximate surface area is 171 Å². The first kappa shape index (κ1) is 20.4. The number of hydrogen-bond acceptors (Lipinski definition) is 2. The molecule has 0 amide bonds. The van der Waals surface area contributed by atoms with Crippen LogP contribution in [-0.2, 0) is 0 Å². The fourth-order valence-electron chi connectivity index (χ4n) is 3.72. The number of nitrogens with zero attached hydrogens (tertiary/aromatic N) is 1. The van der Waals surface area contributed by atoms with E-state index >= 15 is 0 Å². The Balaban J connectivity index is 1.83. The van der Waals surface area contributed by atoms with Gasteiger partial charge in [0.25, 0.3) is 0 Å². The van der Waals surface area contributed by atoms with Crippen molar-refractivity contribution >= 4 is 11.3 Å². The third-order valence-corrected chi connectivity index (χ3v) is 5.37. The van der Waals surface area contributed by atoms with Gasteiger partial charge in [-0.2, -0.15) is 0 Å². The molecule has 2 heteroatoms. The van der Waals surface area contributed by atoms with Gasteiger partial charge in [0, 0.05) is 24.0 Å². The second-order valence-corrected chi connectivity index (χ2v) is 7.96. The van der Waals surface area contributed by atoms with Crippen molar-refractivity contribution in [2.45, 2.75) is 40.0 Å². The van der Waals surface area contributed by atoms with Crippen LogP contribution in [0.4, 0.5) is 5.69 Å². The summed E-state index contributed by atoms with van der Waals surface area (Å²) in [7, 11) is 0. The normalized spacial score (nSPS) is 20.2. The van der Waals surface area contributed by atoms with Gasteiger partial charge in [0.1, 0.15) is 0 Å². The van der Waals surface area contributed by atoms with Crippen molar-refractivity contribution in [3.05, 3.63) is 84.3 Å². The number of benzene rings is 1. The number of rotatable bonds is 11. The topological polar surface area (TPSA) is 15.0 Å². The van der Waals surface area contributed by atoms with Crippen molar-refractivity contribution in [2.24, 2.45) is 11.8 Å². The Bertz CT molecular complexity index is 807. The molecule has 1 unspecified atom stereocenters. The van der Waals surface area contributed by atoms with Crippen LogP contribution >= 0.6 is 0 Å². The summed E-state index contributed by atoms with van der Waals surface area (Å²) < 4.78 is 0. The average Bonchev–Trinajstić information content (AvgIpc) is 3.60. The van der Waals surface area contributed by atoms with E-state index < -0.39 is 0 Å². The lowest BCUT2D eigenvalue weighted by molar-refractivity contribution is 0.640. The number of hydrogen-bond donors (Lipinski definition) is 1. The Morgan fingerprint density at radius 3 is 2.79 bits per heavy atom. The van der Waals surface area contributed by atoms with E-state index in [0.717, 1.165) is 19.5 Å². The van der Waals surface area contributed by atoms with Gasteiger partial charge in [0.2, 0.25) is 0 Å². The molecule has 2 aliphatic rings. The Morgan fingerprint density at radius 1 is 1.25 bits per heavy atom. The minimum atomic E-state index is 0.569. The van der Waals surface area contributed by atoms with Gasteiger partial charge in [-0.15, -0.1) is 0 Å². The highest BCUT2D eigenvalue weighted by molar-refractivity contribution is 5.85. The van der Waals surface area contributed by atoms with E-state index in [2.05, 4.69) is 86.3 Å². The quantitative estimate of drug-likeness (QED) is 0.353. The summed E-state index contributed by atoms with van der Waals surface area (Å²) in [4.78, 5) is 2.37. The van der Waals surface area contributed by atoms with Gasteiger partial charge in [-0.1, -0.05) is 81.5 Å². The molecule has 1 saturated carbocycles. The smallest absolute Gasteiger partial charge is 0.0529 e. The molecule has 0 saturated heterocycles. The maximum atomic E-state index is 3.74. The van der Waals surface area contributed by atoms with E-state index in [1.165, 1.54) is 35.4 Å². The summed E-state index contributed by atoms with van der Waals surface area (Å²) in [6, 6.07) is 8.88. The highest BCUT2D eigenvalue weighted by atomic mass is 15.2. The first-order valence-corrected chi connectivity index (χ1v) is 10.6. The maximum Gasteiger partial charge on any atom is 0.0529 e. The average molecular weight is 375 g/mol. The van der Waals surface area contributed by atoms with Crippen LogP contribution in [0.2, 0.25) is 0 Å². The fourth-order valence-corrected chi connectivity index (χ4v) is 3.72. The SMILES string of the molecule is C=C/C=C\C=C/C/C(=C1/CC1CNCCC)c1ccccc1N1C=C1C(C)C. The van der Waals surface area contributed by atoms with Gasteiger partial charge >= 0.3 is 0 Å². The predicted octanol–water partition coefficient (Wildman–Crippen LogP) is 6.47. The lowest BCUT2D eigenvalue weighted by Crippen LogP contribution is -2.17. The minimum absolute atomic E-state index is 0.569. The number of para-hydroxylation sites is 1. The van der Waals surface area contributed by atoms with Crippen LogP contribution < -0.4 is 10.2 Å². The largest absolute Gasteiger partial charge is 0.317 e. The van der Waals surface area contributed by atoms with Crippen LogP contribution in [0.25, 0.3) is 5.57 Å². The van der Waals surface area contributed by atoms with Gasteiger partial charge in [0.15, 0.2) is 0 Å². The summed E-state index contributed by atoms with van der Waals surface area (Å²) in [5, 5.41) is 3.59. The maximum absolute atomic E-state index is 3.74. The molecule has 1 aromatic carbocycles. The summed E-state index contributed by atoms with van der Waals surface area (Å²) >= 11 is 0.